The van der Waals surface area contributed by atoms with Crippen molar-refractivity contribution < 1.29 is 17.9 Å². The van der Waals surface area contributed by atoms with Gasteiger partial charge < -0.3 is 9.97 Å². The van der Waals surface area contributed by atoms with Crippen LogP contribution in [0, 0.1) is 26.0 Å². The van der Waals surface area contributed by atoms with Gasteiger partial charge in [0.2, 0.25) is 0 Å². The number of pyridine rings is 2. The standard InChI is InChI=1S/C13H12N5.C11H8N.ClH.Ir/c1-10-3-5-17(15-10)12-7-13(9-14-8-12)18-6-4-11(2)16-18;1-2-6-10(7-3-1)11-8-4-5-9-12-11;;/h3-6,8-9H,1-2H3;1-6,8-9H;1H;/q2*-1;;+3/p-1. The zero-order chi connectivity index (χ0) is 22.8. The first-order valence-corrected chi connectivity index (χ1v) is 12.6. The van der Waals surface area contributed by atoms with E-state index < -0.39 is 0 Å². The van der Waals surface area contributed by atoms with Crippen LogP contribution in [0.4, 0.5) is 0 Å². The molecule has 0 fully saturated rings. The van der Waals surface area contributed by atoms with Crippen LogP contribution in [-0.2, 0) is 17.9 Å². The molecular formula is C24H20ClIrN6. The fourth-order valence-corrected chi connectivity index (χ4v) is 2.78. The van der Waals surface area contributed by atoms with Crippen LogP contribution in [0.25, 0.3) is 22.6 Å². The van der Waals surface area contributed by atoms with Crippen LogP contribution in [0.15, 0.2) is 85.6 Å². The summed E-state index contributed by atoms with van der Waals surface area (Å²) in [6.45, 7) is 3.90. The van der Waals surface area contributed by atoms with Crippen molar-refractivity contribution in [3.8, 4) is 22.6 Å². The second-order valence-corrected chi connectivity index (χ2v) is 6.60. The molecular weight excluding hydrogens is 600 g/mol. The van der Waals surface area contributed by atoms with Gasteiger partial charge in [-0.1, -0.05) is 24.5 Å². The van der Waals surface area contributed by atoms with Crippen molar-refractivity contribution in [2.45, 2.75) is 13.8 Å². The van der Waals surface area contributed by atoms with Crippen LogP contribution < -0.4 is 0 Å². The van der Waals surface area contributed by atoms with E-state index in [1.165, 1.54) is 17.9 Å². The summed E-state index contributed by atoms with van der Waals surface area (Å²) in [5, 5.41) is 8.67. The number of aryl methyl sites for hydroxylation is 2. The zero-order valence-electron chi connectivity index (χ0n) is 17.5. The molecule has 4 aromatic heterocycles. The monoisotopic (exact) mass is 620 g/mol. The summed E-state index contributed by atoms with van der Waals surface area (Å²) in [5.41, 5.74) is 5.53. The molecule has 0 unspecified atom stereocenters. The normalized spacial score (nSPS) is 9.88. The summed E-state index contributed by atoms with van der Waals surface area (Å²) in [5.74, 6) is 0. The van der Waals surface area contributed by atoms with E-state index in [2.05, 4.69) is 41.9 Å². The minimum atomic E-state index is 0.800. The van der Waals surface area contributed by atoms with Crippen molar-refractivity contribution in [3.63, 3.8) is 0 Å². The third-order valence-electron chi connectivity index (χ3n) is 4.24. The van der Waals surface area contributed by atoms with Crippen molar-refractivity contribution in [2.75, 3.05) is 0 Å². The van der Waals surface area contributed by atoms with Gasteiger partial charge in [0, 0.05) is 18.6 Å². The van der Waals surface area contributed by atoms with Crippen molar-refractivity contribution >= 4 is 9.58 Å². The quantitative estimate of drug-likeness (QED) is 0.264. The summed E-state index contributed by atoms with van der Waals surface area (Å²) in [6, 6.07) is 23.9. The molecule has 6 nitrogen and oxygen atoms in total. The van der Waals surface area contributed by atoms with E-state index in [0.29, 0.717) is 0 Å². The third-order valence-corrected chi connectivity index (χ3v) is 4.24. The van der Waals surface area contributed by atoms with E-state index in [0.717, 1.165) is 34.0 Å². The summed E-state index contributed by atoms with van der Waals surface area (Å²) >= 11 is 1.47. The van der Waals surface area contributed by atoms with E-state index in [4.69, 9.17) is 0 Å². The minimum absolute atomic E-state index is 0.800. The van der Waals surface area contributed by atoms with Gasteiger partial charge in [0.1, 0.15) is 0 Å². The Balaban J connectivity index is 0.000000180. The molecule has 5 rings (SSSR count). The van der Waals surface area contributed by atoms with E-state index in [-0.39, 0.29) is 0 Å². The Morgan fingerprint density at radius 2 is 1.44 bits per heavy atom. The number of benzene rings is 1. The second kappa shape index (κ2) is 12.1. The van der Waals surface area contributed by atoms with Gasteiger partial charge in [0.25, 0.3) is 0 Å². The molecule has 0 aliphatic carbocycles. The van der Waals surface area contributed by atoms with Crippen LogP contribution in [0.5, 0.6) is 0 Å². The molecule has 162 valence electrons. The predicted molar refractivity (Wildman–Crippen MR) is 121 cm³/mol. The van der Waals surface area contributed by atoms with Crippen LogP contribution in [0.2, 0.25) is 0 Å². The van der Waals surface area contributed by atoms with Gasteiger partial charge in [-0.15, -0.1) is 42.0 Å². The third kappa shape index (κ3) is 6.44. The minimum Gasteiger partial charge on any atom is -0.305 e. The Kier molecular flexibility index (Phi) is 8.87. The number of hydrogen-bond donors (Lipinski definition) is 0. The molecule has 0 spiro atoms. The van der Waals surface area contributed by atoms with Crippen molar-refractivity contribution in [1.82, 2.24) is 29.5 Å². The number of hydrogen-bond acceptors (Lipinski definition) is 4. The molecule has 0 amide bonds. The average Bonchev–Trinajstić information content (AvgIpc) is 3.50. The largest absolute Gasteiger partial charge is 0.305 e. The maximum Gasteiger partial charge on any atom is 0.0160 e. The molecule has 1 aromatic carbocycles. The summed E-state index contributed by atoms with van der Waals surface area (Å²) in [7, 11) is 4.64. The fourth-order valence-electron chi connectivity index (χ4n) is 2.78. The maximum atomic E-state index is 4.64. The Bertz CT molecular complexity index is 1130. The number of halogens is 1. The first-order valence-electron chi connectivity index (χ1n) is 9.62. The average molecular weight is 620 g/mol. The van der Waals surface area contributed by atoms with E-state index >= 15 is 0 Å². The predicted octanol–water partition coefficient (Wildman–Crippen LogP) is 5.11. The van der Waals surface area contributed by atoms with Crippen LogP contribution in [-0.4, -0.2) is 29.5 Å². The Morgan fingerprint density at radius 3 is 1.91 bits per heavy atom. The summed E-state index contributed by atoms with van der Waals surface area (Å²) < 4.78 is 3.50. The molecule has 4 heterocycles. The van der Waals surface area contributed by atoms with Gasteiger partial charge in [-0.25, -0.2) is 0 Å². The smallest absolute Gasteiger partial charge is 0.0160 e. The van der Waals surface area contributed by atoms with E-state index in [1.807, 2.05) is 80.8 Å². The molecule has 0 aliphatic rings. The molecule has 0 aliphatic heterocycles. The maximum absolute atomic E-state index is 4.64. The molecule has 0 saturated heterocycles. The summed E-state index contributed by atoms with van der Waals surface area (Å²) in [6.07, 6.45) is 9.02. The molecule has 0 N–H and O–H groups in total. The van der Waals surface area contributed by atoms with Crippen molar-refractivity contribution in [3.05, 3.63) is 109 Å². The Morgan fingerprint density at radius 1 is 0.812 bits per heavy atom. The Labute approximate surface area is 202 Å². The van der Waals surface area contributed by atoms with Gasteiger partial charge in [-0.3, -0.25) is 9.36 Å². The second-order valence-electron chi connectivity index (χ2n) is 6.60. The van der Waals surface area contributed by atoms with E-state index in [1.54, 1.807) is 28.0 Å². The molecule has 5 aromatic rings. The van der Waals surface area contributed by atoms with E-state index in [9.17, 15) is 0 Å². The molecule has 0 atom stereocenters. The van der Waals surface area contributed by atoms with Crippen molar-refractivity contribution in [1.29, 1.82) is 0 Å². The zero-order valence-corrected chi connectivity index (χ0v) is 20.6. The molecule has 0 bridgehead atoms. The SMILES string of the molecule is Cc1ccn(-c2[c-]c(-n3ccc(C)n3)cnc2)n1.[Cl][Ir+2].[c-]1ccccc1-c1ccccn1. The first-order chi connectivity index (χ1) is 15.7. The molecule has 8 heteroatoms. The van der Waals surface area contributed by atoms with Gasteiger partial charge in [-0.2, -0.15) is 10.2 Å². The first kappa shape index (κ1) is 23.5. The number of nitrogens with zero attached hydrogens (tertiary/aromatic N) is 6. The molecule has 32 heavy (non-hydrogen) atoms. The summed E-state index contributed by atoms with van der Waals surface area (Å²) in [4.78, 5) is 8.42. The van der Waals surface area contributed by atoms with Crippen LogP contribution in [0.3, 0.4) is 0 Å². The van der Waals surface area contributed by atoms with Crippen LogP contribution in [0.1, 0.15) is 11.4 Å². The number of aromatic nitrogens is 6. The van der Waals surface area contributed by atoms with Gasteiger partial charge in [0.15, 0.2) is 0 Å². The number of rotatable bonds is 3. The van der Waals surface area contributed by atoms with Crippen LogP contribution >= 0.6 is 9.58 Å². The molecule has 0 saturated carbocycles. The topological polar surface area (TPSA) is 61.4 Å². The van der Waals surface area contributed by atoms with Crippen molar-refractivity contribution in [2.24, 2.45) is 0 Å². The van der Waals surface area contributed by atoms with Gasteiger partial charge in [-0.05, 0) is 49.1 Å². The van der Waals surface area contributed by atoms with Gasteiger partial charge >= 0.3 is 27.5 Å². The van der Waals surface area contributed by atoms with Gasteiger partial charge in [0.05, 0.1) is 11.4 Å². The molecule has 0 radical (unpaired) electrons. The fraction of sp³-hybridized carbons (Fsp3) is 0.0833. The Hall–Kier alpha value is -3.12.